The fourth-order valence-corrected chi connectivity index (χ4v) is 1.91. The van der Waals surface area contributed by atoms with Crippen molar-refractivity contribution in [1.82, 2.24) is 4.90 Å². The summed E-state index contributed by atoms with van der Waals surface area (Å²) in [6.45, 7) is 0.565. The standard InChI is InChI=1S/C12H15BrN2O4/c1-14(8-4-7-13)12(16)9-5-3-6-10(15(17)18)11(9)19-2/h3,5-6H,4,7-8H2,1-2H3. The molecule has 1 rings (SSSR count). The van der Waals surface area contributed by atoms with E-state index < -0.39 is 4.92 Å². The van der Waals surface area contributed by atoms with Gasteiger partial charge >= 0.3 is 5.69 Å². The molecule has 19 heavy (non-hydrogen) atoms. The summed E-state index contributed by atoms with van der Waals surface area (Å²) in [5.41, 5.74) is -0.00369. The Kier molecular flexibility index (Phi) is 5.75. The molecule has 7 heteroatoms. The van der Waals surface area contributed by atoms with E-state index >= 15 is 0 Å². The smallest absolute Gasteiger partial charge is 0.311 e. The highest BCUT2D eigenvalue weighted by Crippen LogP contribution is 2.31. The summed E-state index contributed by atoms with van der Waals surface area (Å²) >= 11 is 3.29. The highest BCUT2D eigenvalue weighted by atomic mass is 79.9. The van der Waals surface area contributed by atoms with E-state index in [1.165, 1.54) is 30.2 Å². The second-order valence-electron chi connectivity index (χ2n) is 3.88. The number of nitrogens with zero attached hydrogens (tertiary/aromatic N) is 2. The van der Waals surface area contributed by atoms with Gasteiger partial charge in [-0.2, -0.15) is 0 Å². The van der Waals surface area contributed by atoms with Gasteiger partial charge in [0.15, 0.2) is 0 Å². The number of methoxy groups -OCH3 is 1. The molecule has 0 bridgehead atoms. The highest BCUT2D eigenvalue weighted by Gasteiger charge is 2.24. The molecular weight excluding hydrogens is 316 g/mol. The molecule has 0 saturated carbocycles. The van der Waals surface area contributed by atoms with Crippen LogP contribution in [-0.4, -0.2) is 41.8 Å². The van der Waals surface area contributed by atoms with Crippen LogP contribution in [0.2, 0.25) is 0 Å². The molecule has 0 saturated heterocycles. The summed E-state index contributed by atoms with van der Waals surface area (Å²) in [5, 5.41) is 11.7. The van der Waals surface area contributed by atoms with Gasteiger partial charge in [0.25, 0.3) is 5.91 Å². The first-order chi connectivity index (χ1) is 9.02. The molecule has 1 aromatic rings. The van der Waals surface area contributed by atoms with Crippen LogP contribution < -0.4 is 4.74 Å². The zero-order valence-corrected chi connectivity index (χ0v) is 12.3. The number of hydrogen-bond donors (Lipinski definition) is 0. The predicted molar refractivity (Wildman–Crippen MR) is 75.0 cm³/mol. The molecule has 0 unspecified atom stereocenters. The zero-order valence-electron chi connectivity index (χ0n) is 10.8. The van der Waals surface area contributed by atoms with Gasteiger partial charge in [0.05, 0.1) is 17.6 Å². The maximum atomic E-state index is 12.2. The molecule has 0 atom stereocenters. The molecule has 0 radical (unpaired) electrons. The van der Waals surface area contributed by atoms with Crippen LogP contribution in [0.15, 0.2) is 18.2 Å². The number of alkyl halides is 1. The van der Waals surface area contributed by atoms with Gasteiger partial charge < -0.3 is 9.64 Å². The molecule has 0 heterocycles. The van der Waals surface area contributed by atoms with E-state index in [-0.39, 0.29) is 22.9 Å². The van der Waals surface area contributed by atoms with E-state index in [0.717, 1.165) is 11.8 Å². The van der Waals surface area contributed by atoms with Crippen molar-refractivity contribution in [3.8, 4) is 5.75 Å². The lowest BCUT2D eigenvalue weighted by molar-refractivity contribution is -0.385. The monoisotopic (exact) mass is 330 g/mol. The molecule has 1 amide bonds. The maximum Gasteiger partial charge on any atom is 0.311 e. The van der Waals surface area contributed by atoms with Crippen LogP contribution in [0.3, 0.4) is 0 Å². The number of hydrogen-bond acceptors (Lipinski definition) is 4. The minimum Gasteiger partial charge on any atom is -0.490 e. The van der Waals surface area contributed by atoms with Crippen LogP contribution in [0, 0.1) is 10.1 Å². The van der Waals surface area contributed by atoms with Crippen molar-refractivity contribution in [2.75, 3.05) is 26.0 Å². The molecule has 0 spiro atoms. The predicted octanol–water partition coefficient (Wildman–Crippen LogP) is 2.46. The van der Waals surface area contributed by atoms with Gasteiger partial charge in [0.2, 0.25) is 5.75 Å². The van der Waals surface area contributed by atoms with E-state index in [1.807, 2.05) is 0 Å². The van der Waals surface area contributed by atoms with Crippen molar-refractivity contribution in [3.63, 3.8) is 0 Å². The third-order valence-corrected chi connectivity index (χ3v) is 3.16. The minimum absolute atomic E-state index is 0.00296. The van der Waals surface area contributed by atoms with E-state index in [4.69, 9.17) is 4.74 Å². The Morgan fingerprint density at radius 3 is 2.74 bits per heavy atom. The third-order valence-electron chi connectivity index (χ3n) is 2.60. The number of amides is 1. The first-order valence-electron chi connectivity index (χ1n) is 5.65. The van der Waals surface area contributed by atoms with Crippen molar-refractivity contribution in [2.24, 2.45) is 0 Å². The lowest BCUT2D eigenvalue weighted by Crippen LogP contribution is -2.28. The summed E-state index contributed by atoms with van der Waals surface area (Å²) in [7, 11) is 2.97. The topological polar surface area (TPSA) is 72.7 Å². The molecule has 0 aliphatic carbocycles. The average Bonchev–Trinajstić information content (AvgIpc) is 2.42. The minimum atomic E-state index is -0.561. The lowest BCUT2D eigenvalue weighted by atomic mass is 10.1. The van der Waals surface area contributed by atoms with Gasteiger partial charge in [-0.25, -0.2) is 0 Å². The highest BCUT2D eigenvalue weighted by molar-refractivity contribution is 9.09. The van der Waals surface area contributed by atoms with Crippen LogP contribution in [0.5, 0.6) is 5.75 Å². The Balaban J connectivity index is 3.09. The number of benzene rings is 1. The maximum absolute atomic E-state index is 12.2. The number of para-hydroxylation sites is 1. The van der Waals surface area contributed by atoms with Crippen molar-refractivity contribution in [3.05, 3.63) is 33.9 Å². The third kappa shape index (κ3) is 3.66. The molecule has 6 nitrogen and oxygen atoms in total. The normalized spacial score (nSPS) is 10.1. The lowest BCUT2D eigenvalue weighted by Gasteiger charge is -2.17. The fourth-order valence-electron chi connectivity index (χ4n) is 1.66. The molecule has 0 fully saturated rings. The van der Waals surface area contributed by atoms with Crippen molar-refractivity contribution in [2.45, 2.75) is 6.42 Å². The van der Waals surface area contributed by atoms with Crippen LogP contribution in [0.25, 0.3) is 0 Å². The summed E-state index contributed by atoms with van der Waals surface area (Å²) < 4.78 is 5.02. The Morgan fingerprint density at radius 2 is 2.21 bits per heavy atom. The van der Waals surface area contributed by atoms with E-state index in [0.29, 0.717) is 6.54 Å². The largest absolute Gasteiger partial charge is 0.490 e. The molecule has 104 valence electrons. The summed E-state index contributed by atoms with van der Waals surface area (Å²) in [6.07, 6.45) is 0.805. The molecule has 0 aliphatic heterocycles. The Labute approximate surface area is 119 Å². The summed E-state index contributed by atoms with van der Waals surface area (Å²) in [4.78, 5) is 24.1. The van der Waals surface area contributed by atoms with Crippen molar-refractivity contribution >= 4 is 27.5 Å². The SMILES string of the molecule is COc1c(C(=O)N(C)CCCBr)cccc1[N+](=O)[O-]. The van der Waals surface area contributed by atoms with Crippen molar-refractivity contribution in [1.29, 1.82) is 0 Å². The molecule has 0 aliphatic rings. The van der Waals surface area contributed by atoms with Gasteiger partial charge in [-0.05, 0) is 12.5 Å². The summed E-state index contributed by atoms with van der Waals surface area (Å²) in [6, 6.07) is 4.32. The quantitative estimate of drug-likeness (QED) is 0.456. The van der Waals surface area contributed by atoms with E-state index in [1.54, 1.807) is 7.05 Å². The molecule has 0 N–H and O–H groups in total. The summed E-state index contributed by atoms with van der Waals surface area (Å²) in [5.74, 6) is -0.287. The van der Waals surface area contributed by atoms with Crippen LogP contribution in [0.1, 0.15) is 16.8 Å². The van der Waals surface area contributed by atoms with Crippen LogP contribution >= 0.6 is 15.9 Å². The van der Waals surface area contributed by atoms with Crippen LogP contribution in [0.4, 0.5) is 5.69 Å². The number of carbonyl (C=O) groups excluding carboxylic acids is 1. The molecule has 0 aromatic heterocycles. The van der Waals surface area contributed by atoms with Gasteiger partial charge in [0.1, 0.15) is 0 Å². The van der Waals surface area contributed by atoms with E-state index in [2.05, 4.69) is 15.9 Å². The number of halogens is 1. The van der Waals surface area contributed by atoms with Crippen molar-refractivity contribution < 1.29 is 14.5 Å². The Bertz CT molecular complexity index is 479. The molecule has 1 aromatic carbocycles. The molecular formula is C12H15BrN2O4. The van der Waals surface area contributed by atoms with Gasteiger partial charge in [-0.1, -0.05) is 22.0 Å². The first kappa shape index (κ1) is 15.4. The van der Waals surface area contributed by atoms with Gasteiger partial charge in [0, 0.05) is 25.0 Å². The number of carbonyl (C=O) groups is 1. The fraction of sp³-hybridized carbons (Fsp3) is 0.417. The van der Waals surface area contributed by atoms with E-state index in [9.17, 15) is 14.9 Å². The average molecular weight is 331 g/mol. The number of nitro groups is 1. The van der Waals surface area contributed by atoms with Gasteiger partial charge in [-0.3, -0.25) is 14.9 Å². The second kappa shape index (κ2) is 7.08. The zero-order chi connectivity index (χ0) is 14.4. The van der Waals surface area contributed by atoms with Crippen LogP contribution in [-0.2, 0) is 0 Å². The number of rotatable bonds is 6. The Hall–Kier alpha value is -1.63. The second-order valence-corrected chi connectivity index (χ2v) is 4.68. The van der Waals surface area contributed by atoms with Gasteiger partial charge in [-0.15, -0.1) is 0 Å². The first-order valence-corrected chi connectivity index (χ1v) is 6.78. The Morgan fingerprint density at radius 1 is 1.53 bits per heavy atom. The number of nitro benzene ring substituents is 1. The number of ether oxygens (including phenoxy) is 1.